The van der Waals surface area contributed by atoms with Gasteiger partial charge in [-0.2, -0.15) is 0 Å². The SMILES string of the molecule is CC[C@](O)(c1ccc(OC)cc1)[C@H](CN1CCCCC1)c1ccccc1. The number of hydrogen-bond donors (Lipinski definition) is 1. The third kappa shape index (κ3) is 4.11. The van der Waals surface area contributed by atoms with Crippen molar-refractivity contribution in [1.29, 1.82) is 0 Å². The van der Waals surface area contributed by atoms with Gasteiger partial charge in [-0.3, -0.25) is 0 Å². The van der Waals surface area contributed by atoms with Gasteiger partial charge in [-0.25, -0.2) is 0 Å². The molecular weight excluding hydrogens is 322 g/mol. The number of benzene rings is 2. The van der Waals surface area contributed by atoms with Crippen LogP contribution in [-0.4, -0.2) is 36.8 Å². The molecule has 3 nitrogen and oxygen atoms in total. The maximum absolute atomic E-state index is 11.8. The molecule has 3 rings (SSSR count). The Morgan fingerprint density at radius 3 is 2.23 bits per heavy atom. The lowest BCUT2D eigenvalue weighted by molar-refractivity contribution is -0.0105. The number of nitrogens with zero attached hydrogens (tertiary/aromatic N) is 1. The third-order valence-corrected chi connectivity index (χ3v) is 5.80. The van der Waals surface area contributed by atoms with E-state index in [0.29, 0.717) is 6.42 Å². The fourth-order valence-electron chi connectivity index (χ4n) is 4.15. The minimum atomic E-state index is -0.898. The summed E-state index contributed by atoms with van der Waals surface area (Å²) in [5.74, 6) is 0.861. The van der Waals surface area contributed by atoms with Crippen molar-refractivity contribution in [2.75, 3.05) is 26.7 Å². The summed E-state index contributed by atoms with van der Waals surface area (Å²) in [5, 5.41) is 11.8. The molecule has 1 aliphatic heterocycles. The van der Waals surface area contributed by atoms with Crippen molar-refractivity contribution in [3.63, 3.8) is 0 Å². The highest BCUT2D eigenvalue weighted by Crippen LogP contribution is 2.41. The van der Waals surface area contributed by atoms with Crippen LogP contribution in [0.5, 0.6) is 5.75 Å². The van der Waals surface area contributed by atoms with Gasteiger partial charge in [-0.1, -0.05) is 55.8 Å². The lowest BCUT2D eigenvalue weighted by atomic mass is 9.75. The van der Waals surface area contributed by atoms with E-state index in [2.05, 4.69) is 36.1 Å². The molecule has 1 aliphatic rings. The Hall–Kier alpha value is -1.84. The van der Waals surface area contributed by atoms with E-state index in [1.165, 1.54) is 24.8 Å². The number of likely N-dealkylation sites (tertiary alicyclic amines) is 1. The molecule has 26 heavy (non-hydrogen) atoms. The zero-order valence-corrected chi connectivity index (χ0v) is 16.0. The minimum absolute atomic E-state index is 0.0418. The van der Waals surface area contributed by atoms with Gasteiger partial charge >= 0.3 is 0 Å². The van der Waals surface area contributed by atoms with E-state index in [4.69, 9.17) is 4.74 Å². The van der Waals surface area contributed by atoms with Crippen LogP contribution in [0.3, 0.4) is 0 Å². The molecule has 2 aromatic carbocycles. The Kier molecular flexibility index (Phi) is 6.33. The number of methoxy groups -OCH3 is 1. The molecule has 1 fully saturated rings. The molecule has 140 valence electrons. The van der Waals surface area contributed by atoms with Crippen LogP contribution in [0, 0.1) is 0 Å². The first-order chi connectivity index (χ1) is 12.7. The van der Waals surface area contributed by atoms with E-state index in [1.807, 2.05) is 30.3 Å². The molecule has 0 saturated carbocycles. The molecule has 1 N–H and O–H groups in total. The van der Waals surface area contributed by atoms with E-state index in [1.54, 1.807) is 7.11 Å². The number of aliphatic hydroxyl groups is 1. The maximum atomic E-state index is 11.8. The summed E-state index contributed by atoms with van der Waals surface area (Å²) < 4.78 is 5.29. The van der Waals surface area contributed by atoms with Gasteiger partial charge in [-0.05, 0) is 55.6 Å². The topological polar surface area (TPSA) is 32.7 Å². The summed E-state index contributed by atoms with van der Waals surface area (Å²) in [6.45, 7) is 5.23. The van der Waals surface area contributed by atoms with Crippen LogP contribution in [0.2, 0.25) is 0 Å². The quantitative estimate of drug-likeness (QED) is 0.792. The van der Waals surface area contributed by atoms with E-state index >= 15 is 0 Å². The zero-order valence-electron chi connectivity index (χ0n) is 16.0. The Labute approximate surface area is 157 Å². The summed E-state index contributed by atoms with van der Waals surface area (Å²) in [6.07, 6.45) is 4.51. The normalized spacial score (nSPS) is 18.9. The molecule has 0 aromatic heterocycles. The van der Waals surface area contributed by atoms with E-state index < -0.39 is 5.60 Å². The van der Waals surface area contributed by atoms with Crippen LogP contribution in [-0.2, 0) is 5.60 Å². The van der Waals surface area contributed by atoms with Crippen LogP contribution in [0.15, 0.2) is 54.6 Å². The van der Waals surface area contributed by atoms with Crippen molar-refractivity contribution in [1.82, 2.24) is 4.90 Å². The summed E-state index contributed by atoms with van der Waals surface area (Å²) in [7, 11) is 1.67. The molecule has 0 aliphatic carbocycles. The molecule has 0 unspecified atom stereocenters. The van der Waals surface area contributed by atoms with Gasteiger partial charge in [0.1, 0.15) is 5.75 Å². The van der Waals surface area contributed by atoms with Gasteiger partial charge in [-0.15, -0.1) is 0 Å². The van der Waals surface area contributed by atoms with Crippen molar-refractivity contribution in [2.45, 2.75) is 44.1 Å². The number of piperidine rings is 1. The van der Waals surface area contributed by atoms with Crippen LogP contribution in [0.4, 0.5) is 0 Å². The van der Waals surface area contributed by atoms with Gasteiger partial charge in [0, 0.05) is 12.5 Å². The Bertz CT molecular complexity index is 664. The highest BCUT2D eigenvalue weighted by atomic mass is 16.5. The molecule has 0 bridgehead atoms. The third-order valence-electron chi connectivity index (χ3n) is 5.80. The predicted molar refractivity (Wildman–Crippen MR) is 107 cm³/mol. The highest BCUT2D eigenvalue weighted by molar-refractivity contribution is 5.35. The van der Waals surface area contributed by atoms with Crippen LogP contribution in [0.1, 0.15) is 49.7 Å². The fraction of sp³-hybridized carbons (Fsp3) is 0.478. The summed E-state index contributed by atoms with van der Waals surface area (Å²) in [4.78, 5) is 2.52. The first-order valence-electron chi connectivity index (χ1n) is 9.81. The van der Waals surface area contributed by atoms with Gasteiger partial charge in [0.15, 0.2) is 0 Å². The summed E-state index contributed by atoms with van der Waals surface area (Å²) in [5.41, 5.74) is 1.27. The van der Waals surface area contributed by atoms with E-state index in [9.17, 15) is 5.11 Å². The second kappa shape index (κ2) is 8.70. The average Bonchev–Trinajstić information content (AvgIpc) is 2.73. The number of rotatable bonds is 7. The van der Waals surface area contributed by atoms with Crippen molar-refractivity contribution in [3.05, 3.63) is 65.7 Å². The standard InChI is InChI=1S/C23H31NO2/c1-3-23(25,20-12-14-21(26-2)15-13-20)22(19-10-6-4-7-11-19)18-24-16-8-5-9-17-24/h4,6-7,10-15,22,25H,3,5,8-9,16-18H2,1-2H3/t22-,23+/m1/s1. The monoisotopic (exact) mass is 353 g/mol. The second-order valence-corrected chi connectivity index (χ2v) is 7.33. The Morgan fingerprint density at radius 2 is 1.65 bits per heavy atom. The molecular formula is C23H31NO2. The minimum Gasteiger partial charge on any atom is -0.497 e. The molecule has 3 heteroatoms. The Morgan fingerprint density at radius 1 is 1.00 bits per heavy atom. The Balaban J connectivity index is 1.95. The molecule has 0 amide bonds. The van der Waals surface area contributed by atoms with Gasteiger partial charge in [0.05, 0.1) is 12.7 Å². The largest absolute Gasteiger partial charge is 0.497 e. The van der Waals surface area contributed by atoms with Gasteiger partial charge in [0.2, 0.25) is 0 Å². The summed E-state index contributed by atoms with van der Waals surface area (Å²) >= 11 is 0. The zero-order chi connectivity index (χ0) is 18.4. The molecule has 1 heterocycles. The van der Waals surface area contributed by atoms with Crippen LogP contribution in [0.25, 0.3) is 0 Å². The smallest absolute Gasteiger partial charge is 0.118 e. The molecule has 2 aromatic rings. The number of ether oxygens (including phenoxy) is 1. The second-order valence-electron chi connectivity index (χ2n) is 7.33. The first-order valence-corrected chi connectivity index (χ1v) is 9.81. The van der Waals surface area contributed by atoms with Crippen LogP contribution >= 0.6 is 0 Å². The van der Waals surface area contributed by atoms with Crippen molar-refractivity contribution in [3.8, 4) is 5.75 Å². The first kappa shape index (κ1) is 18.9. The van der Waals surface area contributed by atoms with Gasteiger partial charge < -0.3 is 14.7 Å². The van der Waals surface area contributed by atoms with Crippen LogP contribution < -0.4 is 4.74 Å². The van der Waals surface area contributed by atoms with Crippen molar-refractivity contribution in [2.24, 2.45) is 0 Å². The van der Waals surface area contributed by atoms with E-state index in [0.717, 1.165) is 30.9 Å². The number of hydrogen-bond acceptors (Lipinski definition) is 3. The molecule has 0 spiro atoms. The summed E-state index contributed by atoms with van der Waals surface area (Å²) in [6, 6.07) is 18.4. The predicted octanol–water partition coefficient (Wildman–Crippen LogP) is 4.56. The highest BCUT2D eigenvalue weighted by Gasteiger charge is 2.39. The lowest BCUT2D eigenvalue weighted by Crippen LogP contribution is -2.42. The van der Waals surface area contributed by atoms with Crippen molar-refractivity contribution >= 4 is 0 Å². The molecule has 1 saturated heterocycles. The maximum Gasteiger partial charge on any atom is 0.118 e. The van der Waals surface area contributed by atoms with Gasteiger partial charge in [0.25, 0.3) is 0 Å². The molecule has 2 atom stereocenters. The average molecular weight is 354 g/mol. The van der Waals surface area contributed by atoms with E-state index in [-0.39, 0.29) is 5.92 Å². The lowest BCUT2D eigenvalue weighted by Gasteiger charge is -2.40. The van der Waals surface area contributed by atoms with Crippen molar-refractivity contribution < 1.29 is 9.84 Å². The fourth-order valence-corrected chi connectivity index (χ4v) is 4.15. The molecule has 0 radical (unpaired) electrons.